The fourth-order valence-electron chi connectivity index (χ4n) is 0. The Bertz CT molecular complexity index is 27.0. The molecule has 1 N–H and O–H groups in total. The average molecular weight is 88.1 g/mol. The van der Waals surface area contributed by atoms with E-state index in [1.807, 2.05) is 0 Å². The number of hydrogen-bond acceptors (Lipinski definition) is 1. The maximum absolute atomic E-state index is 8.06. The zero-order valence-corrected chi connectivity index (χ0v) is 3.93. The molecule has 0 aromatic rings. The summed E-state index contributed by atoms with van der Waals surface area (Å²) in [4.78, 5) is 0. The first kappa shape index (κ1) is 9.20. The van der Waals surface area contributed by atoms with Crippen LogP contribution in [0, 0.1) is 6.65 Å². The summed E-state index contributed by atoms with van der Waals surface area (Å²) in [5.74, 6) is 0. The second kappa shape index (κ2) is 8.83. The SMILES string of the molecule is CC(C)O.[C-]#[O+]. The Morgan fingerprint density at radius 2 is 1.50 bits per heavy atom. The molecule has 0 aromatic heterocycles. The van der Waals surface area contributed by atoms with Crippen LogP contribution in [0.5, 0.6) is 0 Å². The Hall–Kier alpha value is -0.300. The van der Waals surface area contributed by atoms with E-state index in [1.165, 1.54) is 0 Å². The molecular weight excluding hydrogens is 80.0 g/mol. The van der Waals surface area contributed by atoms with Gasteiger partial charge in [0.15, 0.2) is 0 Å². The van der Waals surface area contributed by atoms with Crippen molar-refractivity contribution in [1.82, 2.24) is 0 Å². The van der Waals surface area contributed by atoms with Crippen LogP contribution in [0.2, 0.25) is 0 Å². The molecule has 0 heterocycles. The standard InChI is InChI=1S/C3H8O.CO/c1-3(2)4;1-2/h3-4H,1-2H3;. The molecule has 2 heteroatoms. The van der Waals surface area contributed by atoms with Crippen LogP contribution in [0.15, 0.2) is 0 Å². The summed E-state index contributed by atoms with van der Waals surface area (Å²) in [6.07, 6.45) is -0.167. The topological polar surface area (TPSA) is 40.1 Å². The van der Waals surface area contributed by atoms with Gasteiger partial charge >= 0.3 is 11.3 Å². The molecule has 0 atom stereocenters. The normalized spacial score (nSPS) is 6.33. The van der Waals surface area contributed by atoms with Gasteiger partial charge < -0.3 is 5.11 Å². The first-order valence-electron chi connectivity index (χ1n) is 1.62. The fourth-order valence-corrected chi connectivity index (χ4v) is 0. The average Bonchev–Trinajstić information content (AvgIpc) is 1.41. The van der Waals surface area contributed by atoms with Gasteiger partial charge in [0.05, 0.1) is 0 Å². The first-order valence-corrected chi connectivity index (χ1v) is 1.62. The van der Waals surface area contributed by atoms with E-state index >= 15 is 0 Å². The molecule has 0 saturated heterocycles. The van der Waals surface area contributed by atoms with E-state index in [1.54, 1.807) is 13.8 Å². The van der Waals surface area contributed by atoms with E-state index < -0.39 is 0 Å². The quantitative estimate of drug-likeness (QED) is 0.337. The van der Waals surface area contributed by atoms with Gasteiger partial charge in [0.25, 0.3) is 0 Å². The van der Waals surface area contributed by atoms with Crippen molar-refractivity contribution < 1.29 is 9.76 Å². The Kier molecular flexibility index (Phi) is 13.5. The van der Waals surface area contributed by atoms with Crippen LogP contribution < -0.4 is 0 Å². The fraction of sp³-hybridized carbons (Fsp3) is 0.750. The molecule has 0 amide bonds. The van der Waals surface area contributed by atoms with Gasteiger partial charge in [0.2, 0.25) is 0 Å². The third-order valence-electron chi connectivity index (χ3n) is 0. The molecule has 6 heavy (non-hydrogen) atoms. The molecule has 0 saturated carbocycles. The third kappa shape index (κ3) is 300. The predicted octanol–water partition coefficient (Wildman–Crippen LogP) is 0.350. The van der Waals surface area contributed by atoms with Gasteiger partial charge in [-0.2, -0.15) is 0 Å². The van der Waals surface area contributed by atoms with Crippen molar-refractivity contribution in [2.45, 2.75) is 20.0 Å². The third-order valence-corrected chi connectivity index (χ3v) is 0. The predicted molar refractivity (Wildman–Crippen MR) is 21.3 cm³/mol. The minimum absolute atomic E-state index is 0.167. The number of aliphatic hydroxyl groups is 1. The monoisotopic (exact) mass is 88.1 g/mol. The molecule has 0 aromatic carbocycles. The van der Waals surface area contributed by atoms with Gasteiger partial charge in [-0.15, -0.1) is 0 Å². The van der Waals surface area contributed by atoms with Crippen molar-refractivity contribution >= 4 is 0 Å². The van der Waals surface area contributed by atoms with Gasteiger partial charge in [0.1, 0.15) is 0 Å². The van der Waals surface area contributed by atoms with Gasteiger partial charge in [-0.3, -0.25) is 0 Å². The molecular formula is C4H8O2. The second-order valence-corrected chi connectivity index (χ2v) is 1.09. The zero-order chi connectivity index (χ0) is 5.58. The zero-order valence-electron chi connectivity index (χ0n) is 3.93. The van der Waals surface area contributed by atoms with Gasteiger partial charge in [0, 0.05) is 6.10 Å². The minimum atomic E-state index is -0.167. The van der Waals surface area contributed by atoms with E-state index in [-0.39, 0.29) is 6.10 Å². The van der Waals surface area contributed by atoms with Gasteiger partial charge in [-0.05, 0) is 13.8 Å². The van der Waals surface area contributed by atoms with Crippen LogP contribution in [0.4, 0.5) is 0 Å². The summed E-state index contributed by atoms with van der Waals surface area (Å²) in [7, 11) is 0. The van der Waals surface area contributed by atoms with Crippen molar-refractivity contribution in [3.05, 3.63) is 6.65 Å². The second-order valence-electron chi connectivity index (χ2n) is 1.09. The molecule has 2 nitrogen and oxygen atoms in total. The van der Waals surface area contributed by atoms with Crippen molar-refractivity contribution in [1.29, 1.82) is 0 Å². The summed E-state index contributed by atoms with van der Waals surface area (Å²) in [5.41, 5.74) is 0. The van der Waals surface area contributed by atoms with Crippen LogP contribution in [0.1, 0.15) is 13.8 Å². The van der Waals surface area contributed by atoms with Crippen LogP contribution in [0.25, 0.3) is 0 Å². The Morgan fingerprint density at radius 3 is 1.50 bits per heavy atom. The van der Waals surface area contributed by atoms with Crippen LogP contribution in [0.3, 0.4) is 0 Å². The van der Waals surface area contributed by atoms with E-state index in [2.05, 4.69) is 6.65 Å². The molecule has 0 fully saturated rings. The summed E-state index contributed by atoms with van der Waals surface area (Å²) in [6, 6.07) is 0. The summed E-state index contributed by atoms with van der Waals surface area (Å²) < 4.78 is 7.50. The Morgan fingerprint density at radius 1 is 1.50 bits per heavy atom. The summed E-state index contributed by atoms with van der Waals surface area (Å²) in [6.45, 7) is 7.94. The maximum atomic E-state index is 8.06. The molecule has 0 radical (unpaired) electrons. The molecule has 0 aliphatic heterocycles. The molecule has 0 unspecified atom stereocenters. The molecule has 0 aliphatic carbocycles. The van der Waals surface area contributed by atoms with E-state index in [0.29, 0.717) is 0 Å². The summed E-state index contributed by atoms with van der Waals surface area (Å²) in [5, 5.41) is 8.06. The van der Waals surface area contributed by atoms with Crippen molar-refractivity contribution in [3.63, 3.8) is 0 Å². The molecule has 36 valence electrons. The Balaban J connectivity index is 0. The van der Waals surface area contributed by atoms with Crippen molar-refractivity contribution in [2.24, 2.45) is 0 Å². The molecule has 0 bridgehead atoms. The molecule has 0 aliphatic rings. The summed E-state index contributed by atoms with van der Waals surface area (Å²) >= 11 is 0. The Labute approximate surface area is 37.5 Å². The van der Waals surface area contributed by atoms with E-state index in [4.69, 9.17) is 9.76 Å². The van der Waals surface area contributed by atoms with Crippen molar-refractivity contribution in [3.8, 4) is 0 Å². The van der Waals surface area contributed by atoms with Gasteiger partial charge in [-0.1, -0.05) is 0 Å². The van der Waals surface area contributed by atoms with Crippen LogP contribution >= 0.6 is 0 Å². The number of aliphatic hydroxyl groups excluding tert-OH is 1. The number of rotatable bonds is 0. The molecule has 0 spiro atoms. The van der Waals surface area contributed by atoms with E-state index in [0.717, 1.165) is 0 Å². The van der Waals surface area contributed by atoms with E-state index in [9.17, 15) is 0 Å². The number of hydrogen-bond donors (Lipinski definition) is 1. The van der Waals surface area contributed by atoms with Crippen molar-refractivity contribution in [2.75, 3.05) is 0 Å². The first-order chi connectivity index (χ1) is 2.73. The van der Waals surface area contributed by atoms with Gasteiger partial charge in [-0.25, -0.2) is 0 Å². The molecule has 0 rings (SSSR count). The van der Waals surface area contributed by atoms with Crippen LogP contribution in [-0.4, -0.2) is 11.2 Å². The van der Waals surface area contributed by atoms with Crippen LogP contribution in [-0.2, 0) is 4.65 Å².